The Morgan fingerprint density at radius 1 is 1.04 bits per heavy atom. The number of rotatable bonds is 4. The Labute approximate surface area is 148 Å². The van der Waals surface area contributed by atoms with Crippen LogP contribution in [0.1, 0.15) is 20.7 Å². The quantitative estimate of drug-likeness (QED) is 0.574. The Morgan fingerprint density at radius 2 is 1.81 bits per heavy atom. The summed E-state index contributed by atoms with van der Waals surface area (Å²) in [5.41, 5.74) is 2.05. The molecule has 128 valence electrons. The van der Waals surface area contributed by atoms with Gasteiger partial charge in [0.15, 0.2) is 5.78 Å². The molecule has 1 N–H and O–H groups in total. The maximum Gasteiger partial charge on any atom is 0.266 e. The lowest BCUT2D eigenvalue weighted by Crippen LogP contribution is -2.17. The van der Waals surface area contributed by atoms with Crippen molar-refractivity contribution in [2.24, 2.45) is 0 Å². The number of benzene rings is 2. The normalized spacial score (nSPS) is 10.9. The fourth-order valence-electron chi connectivity index (χ4n) is 2.75. The summed E-state index contributed by atoms with van der Waals surface area (Å²) in [6, 6.07) is 13.8. The van der Waals surface area contributed by atoms with Crippen molar-refractivity contribution in [3.05, 3.63) is 78.4 Å². The van der Waals surface area contributed by atoms with Crippen LogP contribution >= 0.6 is 0 Å². The van der Waals surface area contributed by atoms with Gasteiger partial charge in [0, 0.05) is 6.20 Å². The van der Waals surface area contributed by atoms with Crippen LogP contribution in [0.15, 0.2) is 67.3 Å². The Hall–Kier alpha value is -3.74. The van der Waals surface area contributed by atoms with Crippen LogP contribution in [-0.4, -0.2) is 36.1 Å². The topological polar surface area (TPSA) is 90.0 Å². The Bertz CT molecular complexity index is 1130. The number of aromatic nitrogens is 4. The highest BCUT2D eigenvalue weighted by molar-refractivity contribution is 6.10. The molecule has 0 aliphatic heterocycles. The van der Waals surface area contributed by atoms with Crippen LogP contribution in [0, 0.1) is 0 Å². The average Bonchev–Trinajstić information content (AvgIpc) is 3.29. The maximum absolute atomic E-state index is 12.5. The molecule has 0 fully saturated rings. The second-order valence-electron chi connectivity index (χ2n) is 5.77. The van der Waals surface area contributed by atoms with Gasteiger partial charge < -0.3 is 9.67 Å². The highest BCUT2D eigenvalue weighted by Gasteiger charge is 2.17. The molecule has 26 heavy (non-hydrogen) atoms. The van der Waals surface area contributed by atoms with E-state index in [1.54, 1.807) is 23.0 Å². The first-order valence-corrected chi connectivity index (χ1v) is 7.94. The number of hydrogen-bond donors (Lipinski definition) is 1. The number of imidazole rings is 1. The molecule has 2 heterocycles. The van der Waals surface area contributed by atoms with Gasteiger partial charge in [-0.25, -0.2) is 9.67 Å². The van der Waals surface area contributed by atoms with Crippen molar-refractivity contribution < 1.29 is 14.7 Å². The van der Waals surface area contributed by atoms with E-state index in [1.807, 2.05) is 24.3 Å². The lowest BCUT2D eigenvalue weighted by molar-refractivity contribution is 0.0876. The molecular weight excluding hydrogens is 332 g/mol. The molecule has 0 aliphatic rings. The number of para-hydroxylation sites is 3. The van der Waals surface area contributed by atoms with Gasteiger partial charge in [0.05, 0.1) is 34.7 Å². The SMILES string of the molecule is O=C(c1cnn(C(=O)Cn2cnc3ccccc32)c1)c1ccccc1O. The van der Waals surface area contributed by atoms with E-state index in [2.05, 4.69) is 10.1 Å². The molecule has 2 aromatic heterocycles. The lowest BCUT2D eigenvalue weighted by Gasteiger charge is -2.03. The molecule has 0 spiro atoms. The third-order valence-electron chi connectivity index (χ3n) is 4.08. The van der Waals surface area contributed by atoms with Crippen molar-refractivity contribution in [3.8, 4) is 5.75 Å². The molecule has 7 heteroatoms. The van der Waals surface area contributed by atoms with Crippen molar-refractivity contribution in [3.63, 3.8) is 0 Å². The number of phenols is 1. The fourth-order valence-corrected chi connectivity index (χ4v) is 2.75. The van der Waals surface area contributed by atoms with Gasteiger partial charge in [-0.05, 0) is 24.3 Å². The van der Waals surface area contributed by atoms with E-state index in [4.69, 9.17) is 0 Å². The third-order valence-corrected chi connectivity index (χ3v) is 4.08. The van der Waals surface area contributed by atoms with E-state index in [0.717, 1.165) is 15.7 Å². The highest BCUT2D eigenvalue weighted by atomic mass is 16.3. The van der Waals surface area contributed by atoms with Crippen molar-refractivity contribution in [1.82, 2.24) is 19.3 Å². The van der Waals surface area contributed by atoms with Crippen molar-refractivity contribution in [2.75, 3.05) is 0 Å². The maximum atomic E-state index is 12.5. The molecule has 0 aliphatic carbocycles. The Kier molecular flexibility index (Phi) is 3.81. The van der Waals surface area contributed by atoms with Crippen LogP contribution in [0.25, 0.3) is 11.0 Å². The van der Waals surface area contributed by atoms with E-state index >= 15 is 0 Å². The molecule has 0 unspecified atom stereocenters. The molecule has 0 radical (unpaired) electrons. The summed E-state index contributed by atoms with van der Waals surface area (Å²) in [7, 11) is 0. The predicted molar refractivity (Wildman–Crippen MR) is 94.1 cm³/mol. The van der Waals surface area contributed by atoms with Crippen LogP contribution in [-0.2, 0) is 6.54 Å². The zero-order valence-corrected chi connectivity index (χ0v) is 13.6. The number of fused-ring (bicyclic) bond motifs is 1. The van der Waals surface area contributed by atoms with Gasteiger partial charge in [-0.15, -0.1) is 0 Å². The summed E-state index contributed by atoms with van der Waals surface area (Å²) in [5.74, 6) is -0.804. The molecule has 0 atom stereocenters. The zero-order chi connectivity index (χ0) is 18.1. The van der Waals surface area contributed by atoms with Crippen molar-refractivity contribution in [2.45, 2.75) is 6.54 Å². The monoisotopic (exact) mass is 346 g/mol. The number of ketones is 1. The third kappa shape index (κ3) is 2.75. The van der Waals surface area contributed by atoms with Crippen LogP contribution in [0.3, 0.4) is 0 Å². The minimum Gasteiger partial charge on any atom is -0.507 e. The fraction of sp³-hybridized carbons (Fsp3) is 0.0526. The standard InChI is InChI=1S/C19H14N4O3/c24-17-8-4-1-5-14(17)19(26)13-9-21-23(10-13)18(25)11-22-12-20-15-6-2-3-7-16(15)22/h1-10,12,24H,11H2. The Balaban J connectivity index is 1.57. The minimum absolute atomic E-state index is 0.0480. The second kappa shape index (κ2) is 6.29. The lowest BCUT2D eigenvalue weighted by atomic mass is 10.1. The molecule has 7 nitrogen and oxygen atoms in total. The summed E-state index contributed by atoms with van der Waals surface area (Å²) < 4.78 is 2.85. The van der Waals surface area contributed by atoms with Gasteiger partial charge in [-0.1, -0.05) is 24.3 Å². The minimum atomic E-state index is -0.393. The first-order valence-electron chi connectivity index (χ1n) is 7.94. The molecule has 4 aromatic rings. The van der Waals surface area contributed by atoms with Crippen LogP contribution < -0.4 is 0 Å². The summed E-state index contributed by atoms with van der Waals surface area (Å²) in [6.07, 6.45) is 4.29. The van der Waals surface area contributed by atoms with Crippen molar-refractivity contribution in [1.29, 1.82) is 0 Å². The summed E-state index contributed by atoms with van der Waals surface area (Å²) in [5, 5.41) is 13.8. The van der Waals surface area contributed by atoms with Gasteiger partial charge >= 0.3 is 0 Å². The van der Waals surface area contributed by atoms with Gasteiger partial charge in [0.1, 0.15) is 12.3 Å². The number of aromatic hydroxyl groups is 1. The molecule has 0 saturated heterocycles. The van der Waals surface area contributed by atoms with Gasteiger partial charge in [0.2, 0.25) is 0 Å². The average molecular weight is 346 g/mol. The van der Waals surface area contributed by atoms with Crippen molar-refractivity contribution >= 4 is 22.7 Å². The molecule has 2 aromatic carbocycles. The predicted octanol–water partition coefficient (Wildman–Crippen LogP) is 2.51. The summed E-state index contributed by atoms with van der Waals surface area (Å²) in [4.78, 5) is 29.2. The number of hydrogen-bond acceptors (Lipinski definition) is 5. The van der Waals surface area contributed by atoms with E-state index in [-0.39, 0.29) is 29.3 Å². The summed E-state index contributed by atoms with van der Waals surface area (Å²) in [6.45, 7) is 0.0480. The number of nitrogens with zero attached hydrogens (tertiary/aromatic N) is 4. The number of phenolic OH excluding ortho intramolecular Hbond substituents is 1. The first kappa shape index (κ1) is 15.8. The van der Waals surface area contributed by atoms with E-state index in [1.165, 1.54) is 24.5 Å². The van der Waals surface area contributed by atoms with E-state index < -0.39 is 5.78 Å². The largest absolute Gasteiger partial charge is 0.507 e. The molecule has 0 bridgehead atoms. The second-order valence-corrected chi connectivity index (χ2v) is 5.77. The smallest absolute Gasteiger partial charge is 0.266 e. The van der Waals surface area contributed by atoms with Crippen LogP contribution in [0.5, 0.6) is 5.75 Å². The van der Waals surface area contributed by atoms with Gasteiger partial charge in [-0.2, -0.15) is 5.10 Å². The van der Waals surface area contributed by atoms with E-state index in [0.29, 0.717) is 0 Å². The Morgan fingerprint density at radius 3 is 2.65 bits per heavy atom. The number of carbonyl (C=O) groups excluding carboxylic acids is 2. The molecule has 0 amide bonds. The van der Waals surface area contributed by atoms with Crippen LogP contribution in [0.2, 0.25) is 0 Å². The number of carbonyl (C=O) groups is 2. The highest BCUT2D eigenvalue weighted by Crippen LogP contribution is 2.19. The summed E-state index contributed by atoms with van der Waals surface area (Å²) >= 11 is 0. The van der Waals surface area contributed by atoms with E-state index in [9.17, 15) is 14.7 Å². The van der Waals surface area contributed by atoms with Gasteiger partial charge in [0.25, 0.3) is 5.91 Å². The van der Waals surface area contributed by atoms with Crippen LogP contribution in [0.4, 0.5) is 0 Å². The molecule has 4 rings (SSSR count). The molecule has 0 saturated carbocycles. The van der Waals surface area contributed by atoms with Gasteiger partial charge in [-0.3, -0.25) is 9.59 Å². The zero-order valence-electron chi connectivity index (χ0n) is 13.6. The first-order chi connectivity index (χ1) is 12.6. The molecular formula is C19H14N4O3.